The zero-order chi connectivity index (χ0) is 9.97. The first kappa shape index (κ1) is 8.82. The molecule has 0 atom stereocenters. The highest BCUT2D eigenvalue weighted by Gasteiger charge is 1.93. The number of aromatic amines is 1. The summed E-state index contributed by atoms with van der Waals surface area (Å²) < 4.78 is 0. The SMILES string of the molecule is C=C(C)/C=C/c1ccc2cc[nH]c2c1. The summed E-state index contributed by atoms with van der Waals surface area (Å²) in [5, 5.41) is 1.25. The first-order valence-corrected chi connectivity index (χ1v) is 4.66. The van der Waals surface area contributed by atoms with Gasteiger partial charge in [0, 0.05) is 11.7 Å². The predicted octanol–water partition coefficient (Wildman–Crippen LogP) is 3.76. The maximum atomic E-state index is 3.83. The Labute approximate surface area is 83.8 Å². The maximum absolute atomic E-state index is 3.83. The number of hydrogen-bond acceptors (Lipinski definition) is 0. The topological polar surface area (TPSA) is 15.8 Å². The molecule has 0 fully saturated rings. The van der Waals surface area contributed by atoms with Crippen molar-refractivity contribution in [1.82, 2.24) is 4.98 Å². The summed E-state index contributed by atoms with van der Waals surface area (Å²) in [4.78, 5) is 3.19. The zero-order valence-corrected chi connectivity index (χ0v) is 8.25. The number of hydrogen-bond donors (Lipinski definition) is 1. The van der Waals surface area contributed by atoms with Crippen LogP contribution in [-0.2, 0) is 0 Å². The summed E-state index contributed by atoms with van der Waals surface area (Å²) in [5.74, 6) is 0. The summed E-state index contributed by atoms with van der Waals surface area (Å²) in [7, 11) is 0. The molecule has 2 aromatic rings. The normalized spacial score (nSPS) is 11.2. The standard InChI is InChI=1S/C13H13N/c1-10(2)3-4-11-5-6-12-7-8-14-13(12)9-11/h3-9,14H,1H2,2H3/b4-3+. The van der Waals surface area contributed by atoms with Crippen molar-refractivity contribution in [3.8, 4) is 0 Å². The molecule has 1 aromatic heterocycles. The average molecular weight is 183 g/mol. The van der Waals surface area contributed by atoms with E-state index in [1.165, 1.54) is 16.5 Å². The van der Waals surface area contributed by atoms with E-state index in [0.29, 0.717) is 0 Å². The second-order valence-corrected chi connectivity index (χ2v) is 3.50. The molecular weight excluding hydrogens is 170 g/mol. The highest BCUT2D eigenvalue weighted by atomic mass is 14.7. The van der Waals surface area contributed by atoms with E-state index >= 15 is 0 Å². The third-order valence-corrected chi connectivity index (χ3v) is 2.14. The van der Waals surface area contributed by atoms with Gasteiger partial charge in [-0.1, -0.05) is 36.4 Å². The van der Waals surface area contributed by atoms with Crippen LogP contribution < -0.4 is 0 Å². The minimum atomic E-state index is 1.07. The first-order valence-electron chi connectivity index (χ1n) is 4.66. The molecule has 0 aliphatic heterocycles. The van der Waals surface area contributed by atoms with E-state index < -0.39 is 0 Å². The molecule has 2 rings (SSSR count). The van der Waals surface area contributed by atoms with Gasteiger partial charge in [0.2, 0.25) is 0 Å². The van der Waals surface area contributed by atoms with Gasteiger partial charge in [0.1, 0.15) is 0 Å². The number of fused-ring (bicyclic) bond motifs is 1. The molecule has 70 valence electrons. The lowest BCUT2D eigenvalue weighted by molar-refractivity contribution is 1.47. The van der Waals surface area contributed by atoms with Gasteiger partial charge < -0.3 is 4.98 Å². The van der Waals surface area contributed by atoms with Gasteiger partial charge >= 0.3 is 0 Å². The van der Waals surface area contributed by atoms with E-state index in [0.717, 1.165) is 5.57 Å². The Morgan fingerprint density at radius 2 is 2.21 bits per heavy atom. The smallest absolute Gasteiger partial charge is 0.0459 e. The van der Waals surface area contributed by atoms with Crippen molar-refractivity contribution < 1.29 is 0 Å². The fourth-order valence-corrected chi connectivity index (χ4v) is 1.41. The van der Waals surface area contributed by atoms with Crippen LogP contribution in [0.25, 0.3) is 17.0 Å². The van der Waals surface area contributed by atoms with E-state index in [4.69, 9.17) is 0 Å². The summed E-state index contributed by atoms with van der Waals surface area (Å²) >= 11 is 0. The van der Waals surface area contributed by atoms with Gasteiger partial charge in [-0.05, 0) is 30.0 Å². The van der Waals surface area contributed by atoms with Crippen LogP contribution in [0.15, 0.2) is 48.7 Å². The quantitative estimate of drug-likeness (QED) is 0.682. The Morgan fingerprint density at radius 1 is 1.36 bits per heavy atom. The van der Waals surface area contributed by atoms with Crippen molar-refractivity contribution in [1.29, 1.82) is 0 Å². The van der Waals surface area contributed by atoms with Crippen LogP contribution in [0.5, 0.6) is 0 Å². The summed E-state index contributed by atoms with van der Waals surface area (Å²) in [5.41, 5.74) is 3.44. The van der Waals surface area contributed by atoms with Crippen LogP contribution >= 0.6 is 0 Å². The predicted molar refractivity (Wildman–Crippen MR) is 62.1 cm³/mol. The fourth-order valence-electron chi connectivity index (χ4n) is 1.41. The third-order valence-electron chi connectivity index (χ3n) is 2.14. The maximum Gasteiger partial charge on any atom is 0.0459 e. The molecule has 0 bridgehead atoms. The molecule has 1 heteroatoms. The lowest BCUT2D eigenvalue weighted by Gasteiger charge is -1.94. The lowest BCUT2D eigenvalue weighted by Crippen LogP contribution is -1.73. The Morgan fingerprint density at radius 3 is 3.00 bits per heavy atom. The minimum absolute atomic E-state index is 1.07. The number of aromatic nitrogens is 1. The molecule has 1 nitrogen and oxygen atoms in total. The zero-order valence-electron chi connectivity index (χ0n) is 8.25. The molecule has 0 aliphatic rings. The second kappa shape index (κ2) is 3.54. The largest absolute Gasteiger partial charge is 0.361 e. The molecule has 0 saturated carbocycles. The number of rotatable bonds is 2. The van der Waals surface area contributed by atoms with E-state index in [9.17, 15) is 0 Å². The van der Waals surface area contributed by atoms with Crippen LogP contribution in [-0.4, -0.2) is 4.98 Å². The summed E-state index contributed by atoms with van der Waals surface area (Å²) in [6.07, 6.45) is 6.05. The van der Waals surface area contributed by atoms with Crippen LogP contribution in [0.1, 0.15) is 12.5 Å². The van der Waals surface area contributed by atoms with Gasteiger partial charge in [-0.15, -0.1) is 0 Å². The molecule has 1 aromatic carbocycles. The Balaban J connectivity index is 2.39. The van der Waals surface area contributed by atoms with Crippen molar-refractivity contribution in [2.45, 2.75) is 6.92 Å². The molecular formula is C13H13N. The Hall–Kier alpha value is -1.76. The second-order valence-electron chi connectivity index (χ2n) is 3.50. The molecule has 0 aliphatic carbocycles. The van der Waals surface area contributed by atoms with Crippen LogP contribution in [0.2, 0.25) is 0 Å². The van der Waals surface area contributed by atoms with Crippen LogP contribution in [0, 0.1) is 0 Å². The highest BCUT2D eigenvalue weighted by molar-refractivity contribution is 5.81. The molecule has 0 spiro atoms. The number of allylic oxidation sites excluding steroid dienone is 2. The van der Waals surface area contributed by atoms with E-state index in [1.807, 2.05) is 19.2 Å². The summed E-state index contributed by atoms with van der Waals surface area (Å²) in [6, 6.07) is 8.43. The lowest BCUT2D eigenvalue weighted by atomic mass is 10.1. The molecule has 1 heterocycles. The Bertz CT molecular complexity index is 489. The molecule has 0 radical (unpaired) electrons. The van der Waals surface area contributed by atoms with Crippen molar-refractivity contribution in [3.05, 3.63) is 54.3 Å². The number of benzene rings is 1. The fraction of sp³-hybridized carbons (Fsp3) is 0.0769. The molecule has 14 heavy (non-hydrogen) atoms. The monoisotopic (exact) mass is 183 g/mol. The van der Waals surface area contributed by atoms with Gasteiger partial charge in [0.25, 0.3) is 0 Å². The van der Waals surface area contributed by atoms with E-state index in [1.54, 1.807) is 0 Å². The van der Waals surface area contributed by atoms with Gasteiger partial charge in [-0.3, -0.25) is 0 Å². The summed E-state index contributed by atoms with van der Waals surface area (Å²) in [6.45, 7) is 5.82. The van der Waals surface area contributed by atoms with Gasteiger partial charge in [-0.2, -0.15) is 0 Å². The van der Waals surface area contributed by atoms with Crippen molar-refractivity contribution in [2.24, 2.45) is 0 Å². The van der Waals surface area contributed by atoms with Crippen molar-refractivity contribution >= 4 is 17.0 Å². The van der Waals surface area contributed by atoms with Gasteiger partial charge in [0.15, 0.2) is 0 Å². The van der Waals surface area contributed by atoms with Gasteiger partial charge in [-0.25, -0.2) is 0 Å². The third kappa shape index (κ3) is 1.77. The molecule has 0 amide bonds. The molecule has 1 N–H and O–H groups in total. The first-order chi connectivity index (χ1) is 6.75. The number of H-pyrrole nitrogens is 1. The minimum Gasteiger partial charge on any atom is -0.361 e. The molecule has 0 saturated heterocycles. The Kier molecular flexibility index (Phi) is 2.23. The van der Waals surface area contributed by atoms with Crippen molar-refractivity contribution in [3.63, 3.8) is 0 Å². The van der Waals surface area contributed by atoms with E-state index in [-0.39, 0.29) is 0 Å². The highest BCUT2D eigenvalue weighted by Crippen LogP contribution is 2.15. The van der Waals surface area contributed by atoms with Crippen molar-refractivity contribution in [2.75, 3.05) is 0 Å². The molecule has 0 unspecified atom stereocenters. The van der Waals surface area contributed by atoms with Crippen LogP contribution in [0.4, 0.5) is 0 Å². The van der Waals surface area contributed by atoms with E-state index in [2.05, 4.69) is 41.9 Å². The number of nitrogens with one attached hydrogen (secondary N) is 1. The van der Waals surface area contributed by atoms with Crippen LogP contribution in [0.3, 0.4) is 0 Å². The van der Waals surface area contributed by atoms with Gasteiger partial charge in [0.05, 0.1) is 0 Å². The average Bonchev–Trinajstić information content (AvgIpc) is 2.61.